The zero-order valence-electron chi connectivity index (χ0n) is 9.99. The zero-order chi connectivity index (χ0) is 11.5. The van der Waals surface area contributed by atoms with Crippen molar-refractivity contribution in [3.63, 3.8) is 0 Å². The van der Waals surface area contributed by atoms with Gasteiger partial charge in [0.1, 0.15) is 0 Å². The number of carbonyl (C=O) groups is 1. The average Bonchev–Trinajstić information content (AvgIpc) is 3.13. The molecule has 1 N–H and O–H groups in total. The molecule has 0 bridgehead atoms. The number of hydrogen-bond acceptors (Lipinski definition) is 1. The second-order valence-corrected chi connectivity index (χ2v) is 4.60. The summed E-state index contributed by atoms with van der Waals surface area (Å²) in [5.74, 6) is 0.504. The summed E-state index contributed by atoms with van der Waals surface area (Å²) < 4.78 is 0. The van der Waals surface area contributed by atoms with E-state index in [2.05, 4.69) is 36.5 Å². The zero-order valence-corrected chi connectivity index (χ0v) is 9.99. The minimum absolute atomic E-state index is 0.124. The van der Waals surface area contributed by atoms with Crippen molar-refractivity contribution in [2.24, 2.45) is 5.92 Å². The SMILES string of the molecule is CCc1ccc(C(C)NC(=O)C2CC2)cc1. The summed E-state index contributed by atoms with van der Waals surface area (Å²) in [4.78, 5) is 11.6. The first-order chi connectivity index (χ1) is 7.70. The molecule has 1 aliphatic carbocycles. The Morgan fingerprint density at radius 2 is 2.00 bits per heavy atom. The van der Waals surface area contributed by atoms with E-state index >= 15 is 0 Å². The molecule has 1 aromatic rings. The van der Waals surface area contributed by atoms with Crippen molar-refractivity contribution in [3.8, 4) is 0 Å². The lowest BCUT2D eigenvalue weighted by atomic mass is 10.0. The summed E-state index contributed by atoms with van der Waals surface area (Å²) >= 11 is 0. The summed E-state index contributed by atoms with van der Waals surface area (Å²) in [6.45, 7) is 4.19. The average molecular weight is 217 g/mol. The molecule has 1 amide bonds. The van der Waals surface area contributed by atoms with Crippen molar-refractivity contribution in [1.82, 2.24) is 5.32 Å². The number of nitrogens with one attached hydrogen (secondary N) is 1. The molecule has 0 aliphatic heterocycles. The van der Waals surface area contributed by atoms with Gasteiger partial charge in [0.25, 0.3) is 0 Å². The van der Waals surface area contributed by atoms with Crippen LogP contribution in [0.5, 0.6) is 0 Å². The van der Waals surface area contributed by atoms with Crippen LogP contribution in [0.1, 0.15) is 43.9 Å². The molecule has 1 fully saturated rings. The van der Waals surface area contributed by atoms with Crippen LogP contribution < -0.4 is 5.32 Å². The number of carbonyl (C=O) groups excluding carboxylic acids is 1. The van der Waals surface area contributed by atoms with E-state index in [4.69, 9.17) is 0 Å². The van der Waals surface area contributed by atoms with Crippen LogP contribution in [0.4, 0.5) is 0 Å². The Bertz CT molecular complexity index is 365. The molecule has 1 aromatic carbocycles. The van der Waals surface area contributed by atoms with Crippen LogP contribution in [0.25, 0.3) is 0 Å². The molecule has 1 saturated carbocycles. The molecule has 0 heterocycles. The Morgan fingerprint density at radius 3 is 2.50 bits per heavy atom. The van der Waals surface area contributed by atoms with Crippen LogP contribution in [0.3, 0.4) is 0 Å². The van der Waals surface area contributed by atoms with Gasteiger partial charge in [-0.1, -0.05) is 31.2 Å². The van der Waals surface area contributed by atoms with Gasteiger partial charge in [-0.25, -0.2) is 0 Å². The summed E-state index contributed by atoms with van der Waals surface area (Å²) in [6.07, 6.45) is 3.18. The molecule has 2 rings (SSSR count). The number of rotatable bonds is 4. The van der Waals surface area contributed by atoms with E-state index in [-0.39, 0.29) is 17.9 Å². The Morgan fingerprint density at radius 1 is 1.38 bits per heavy atom. The Kier molecular flexibility index (Phi) is 3.28. The van der Waals surface area contributed by atoms with E-state index in [1.54, 1.807) is 0 Å². The summed E-state index contributed by atoms with van der Waals surface area (Å²) in [6, 6.07) is 8.61. The van der Waals surface area contributed by atoms with Gasteiger partial charge in [0.05, 0.1) is 6.04 Å². The number of benzene rings is 1. The van der Waals surface area contributed by atoms with Crippen LogP contribution in [-0.2, 0) is 11.2 Å². The first-order valence-corrected chi connectivity index (χ1v) is 6.10. The standard InChI is InChI=1S/C14H19NO/c1-3-11-4-6-12(7-5-11)10(2)15-14(16)13-8-9-13/h4-7,10,13H,3,8-9H2,1-2H3,(H,15,16). The first kappa shape index (κ1) is 11.2. The summed E-state index contributed by atoms with van der Waals surface area (Å²) in [7, 11) is 0. The molecule has 0 radical (unpaired) electrons. The van der Waals surface area contributed by atoms with Gasteiger partial charge < -0.3 is 5.32 Å². The number of aryl methyl sites for hydroxylation is 1. The fourth-order valence-corrected chi connectivity index (χ4v) is 1.80. The van der Waals surface area contributed by atoms with Crippen molar-refractivity contribution in [2.75, 3.05) is 0 Å². The van der Waals surface area contributed by atoms with Gasteiger partial charge in [-0.05, 0) is 37.3 Å². The van der Waals surface area contributed by atoms with Crippen LogP contribution in [0.15, 0.2) is 24.3 Å². The van der Waals surface area contributed by atoms with Crippen molar-refractivity contribution in [3.05, 3.63) is 35.4 Å². The van der Waals surface area contributed by atoms with E-state index < -0.39 is 0 Å². The molecule has 0 aromatic heterocycles. The molecule has 86 valence electrons. The van der Waals surface area contributed by atoms with E-state index in [0.29, 0.717) is 0 Å². The van der Waals surface area contributed by atoms with Crippen LogP contribution in [-0.4, -0.2) is 5.91 Å². The molecule has 2 heteroatoms. The molecule has 0 spiro atoms. The number of hydrogen-bond donors (Lipinski definition) is 1. The molecule has 1 unspecified atom stereocenters. The number of amides is 1. The second kappa shape index (κ2) is 4.69. The largest absolute Gasteiger partial charge is 0.349 e. The fourth-order valence-electron chi connectivity index (χ4n) is 1.80. The highest BCUT2D eigenvalue weighted by molar-refractivity contribution is 5.81. The first-order valence-electron chi connectivity index (χ1n) is 6.10. The van der Waals surface area contributed by atoms with Crippen LogP contribution >= 0.6 is 0 Å². The Labute approximate surface area is 97.1 Å². The summed E-state index contributed by atoms with van der Waals surface area (Å²) in [5.41, 5.74) is 2.52. The molecular weight excluding hydrogens is 198 g/mol. The lowest BCUT2D eigenvalue weighted by Crippen LogP contribution is -2.27. The maximum Gasteiger partial charge on any atom is 0.223 e. The molecule has 2 nitrogen and oxygen atoms in total. The lowest BCUT2D eigenvalue weighted by Gasteiger charge is -2.14. The quantitative estimate of drug-likeness (QED) is 0.825. The molecular formula is C14H19NO. The predicted molar refractivity (Wildman–Crippen MR) is 65.1 cm³/mol. The van der Waals surface area contributed by atoms with Crippen LogP contribution in [0, 0.1) is 5.92 Å². The lowest BCUT2D eigenvalue weighted by molar-refractivity contribution is -0.122. The molecule has 1 aliphatic rings. The third-order valence-electron chi connectivity index (χ3n) is 3.19. The van der Waals surface area contributed by atoms with E-state index in [0.717, 1.165) is 19.3 Å². The van der Waals surface area contributed by atoms with Gasteiger partial charge in [0.2, 0.25) is 5.91 Å². The van der Waals surface area contributed by atoms with Crippen molar-refractivity contribution in [1.29, 1.82) is 0 Å². The van der Waals surface area contributed by atoms with Crippen molar-refractivity contribution < 1.29 is 4.79 Å². The van der Waals surface area contributed by atoms with Crippen molar-refractivity contribution in [2.45, 2.75) is 39.2 Å². The monoisotopic (exact) mass is 217 g/mol. The van der Waals surface area contributed by atoms with Crippen molar-refractivity contribution >= 4 is 5.91 Å². The van der Waals surface area contributed by atoms with Crippen LogP contribution in [0.2, 0.25) is 0 Å². The summed E-state index contributed by atoms with van der Waals surface area (Å²) in [5, 5.41) is 3.06. The predicted octanol–water partition coefficient (Wildman–Crippen LogP) is 2.84. The van der Waals surface area contributed by atoms with Gasteiger partial charge in [0.15, 0.2) is 0 Å². The molecule has 1 atom stereocenters. The minimum Gasteiger partial charge on any atom is -0.349 e. The van der Waals surface area contributed by atoms with Gasteiger partial charge in [-0.15, -0.1) is 0 Å². The van der Waals surface area contributed by atoms with E-state index in [1.165, 1.54) is 11.1 Å². The third kappa shape index (κ3) is 2.63. The Hall–Kier alpha value is -1.31. The van der Waals surface area contributed by atoms with Gasteiger partial charge in [0, 0.05) is 5.92 Å². The molecule has 16 heavy (non-hydrogen) atoms. The van der Waals surface area contributed by atoms with E-state index in [9.17, 15) is 4.79 Å². The van der Waals surface area contributed by atoms with Gasteiger partial charge >= 0.3 is 0 Å². The van der Waals surface area contributed by atoms with E-state index in [1.807, 2.05) is 6.92 Å². The Balaban J connectivity index is 1.96. The highest BCUT2D eigenvalue weighted by Gasteiger charge is 2.30. The normalized spacial score (nSPS) is 16.9. The molecule has 0 saturated heterocycles. The minimum atomic E-state index is 0.124. The van der Waals surface area contributed by atoms with Gasteiger partial charge in [-0.3, -0.25) is 4.79 Å². The smallest absolute Gasteiger partial charge is 0.223 e. The maximum atomic E-state index is 11.6. The fraction of sp³-hybridized carbons (Fsp3) is 0.500. The second-order valence-electron chi connectivity index (χ2n) is 4.60. The highest BCUT2D eigenvalue weighted by atomic mass is 16.2. The van der Waals surface area contributed by atoms with Gasteiger partial charge in [-0.2, -0.15) is 0 Å². The maximum absolute atomic E-state index is 11.6. The third-order valence-corrected chi connectivity index (χ3v) is 3.19. The highest BCUT2D eigenvalue weighted by Crippen LogP contribution is 2.29. The topological polar surface area (TPSA) is 29.1 Å².